The molecular formula is C18H29N5S. The fraction of sp³-hybridized carbons (Fsp3) is 0.667. The Morgan fingerprint density at radius 1 is 1.33 bits per heavy atom. The molecule has 2 fully saturated rings. The van der Waals surface area contributed by atoms with Gasteiger partial charge in [-0.05, 0) is 50.0 Å². The van der Waals surface area contributed by atoms with Gasteiger partial charge in [-0.2, -0.15) is 11.8 Å². The number of hydrogen-bond donors (Lipinski definition) is 2. The van der Waals surface area contributed by atoms with Gasteiger partial charge in [-0.3, -0.25) is 4.99 Å². The molecule has 132 valence electrons. The first kappa shape index (κ1) is 17.4. The van der Waals surface area contributed by atoms with Crippen LogP contribution in [0.4, 0.5) is 5.82 Å². The summed E-state index contributed by atoms with van der Waals surface area (Å²) in [5.41, 5.74) is 1.19. The van der Waals surface area contributed by atoms with E-state index in [0.717, 1.165) is 36.7 Å². The summed E-state index contributed by atoms with van der Waals surface area (Å²) in [6.07, 6.45) is 10.5. The second-order valence-electron chi connectivity index (χ2n) is 6.66. The average molecular weight is 348 g/mol. The fourth-order valence-electron chi connectivity index (χ4n) is 3.51. The molecule has 0 aromatic carbocycles. The van der Waals surface area contributed by atoms with Crippen molar-refractivity contribution in [3.63, 3.8) is 0 Å². The molecule has 2 N–H and O–H groups in total. The van der Waals surface area contributed by atoms with Crippen molar-refractivity contribution in [1.82, 2.24) is 15.6 Å². The highest BCUT2D eigenvalue weighted by molar-refractivity contribution is 7.99. The Hall–Kier alpha value is -1.43. The third-order valence-corrected chi connectivity index (χ3v) is 6.08. The molecular weight excluding hydrogens is 318 g/mol. The quantitative estimate of drug-likeness (QED) is 0.633. The molecule has 0 spiro atoms. The van der Waals surface area contributed by atoms with Crippen LogP contribution in [0.2, 0.25) is 0 Å². The Morgan fingerprint density at radius 3 is 2.79 bits per heavy atom. The van der Waals surface area contributed by atoms with Gasteiger partial charge in [0.15, 0.2) is 5.96 Å². The molecule has 5 nitrogen and oxygen atoms in total. The Balaban J connectivity index is 1.47. The normalized spacial score (nSPS) is 24.4. The topological polar surface area (TPSA) is 52.6 Å². The maximum absolute atomic E-state index is 4.61. The van der Waals surface area contributed by atoms with Gasteiger partial charge in [-0.1, -0.05) is 6.07 Å². The number of nitrogens with zero attached hydrogens (tertiary/aromatic N) is 3. The predicted octanol–water partition coefficient (Wildman–Crippen LogP) is 2.63. The van der Waals surface area contributed by atoms with Crippen LogP contribution in [0.15, 0.2) is 23.3 Å². The molecule has 2 unspecified atom stereocenters. The lowest BCUT2D eigenvalue weighted by Gasteiger charge is -2.18. The van der Waals surface area contributed by atoms with Crippen molar-refractivity contribution in [2.45, 2.75) is 49.9 Å². The van der Waals surface area contributed by atoms with Gasteiger partial charge in [0.05, 0.1) is 0 Å². The van der Waals surface area contributed by atoms with Crippen molar-refractivity contribution in [3.05, 3.63) is 23.9 Å². The van der Waals surface area contributed by atoms with Gasteiger partial charge in [-0.15, -0.1) is 0 Å². The first-order valence-corrected chi connectivity index (χ1v) is 10.3. The third kappa shape index (κ3) is 4.56. The van der Waals surface area contributed by atoms with E-state index in [2.05, 4.69) is 43.9 Å². The van der Waals surface area contributed by atoms with Gasteiger partial charge in [0.25, 0.3) is 0 Å². The summed E-state index contributed by atoms with van der Waals surface area (Å²) in [5, 5.41) is 7.76. The molecule has 3 rings (SSSR count). The van der Waals surface area contributed by atoms with Crippen molar-refractivity contribution >= 4 is 23.5 Å². The highest BCUT2D eigenvalue weighted by Crippen LogP contribution is 2.28. The Kier molecular flexibility index (Phi) is 6.24. The molecule has 24 heavy (non-hydrogen) atoms. The standard InChI is InChI=1S/C18H29N5S/c1-19-18(22-15-6-7-16(11-15)24-2)21-13-14-5-8-17(20-12-14)23-9-3-4-10-23/h5,8,12,15-16H,3-4,6-7,9-11,13H2,1-2H3,(H2,19,21,22). The van der Waals surface area contributed by atoms with Crippen molar-refractivity contribution in [1.29, 1.82) is 0 Å². The molecule has 1 saturated heterocycles. The first-order valence-electron chi connectivity index (χ1n) is 8.98. The fourth-order valence-corrected chi connectivity index (χ4v) is 4.31. The smallest absolute Gasteiger partial charge is 0.191 e. The van der Waals surface area contributed by atoms with Crippen LogP contribution in [-0.4, -0.2) is 48.6 Å². The van der Waals surface area contributed by atoms with Crippen molar-refractivity contribution < 1.29 is 0 Å². The van der Waals surface area contributed by atoms with Crippen LogP contribution < -0.4 is 15.5 Å². The minimum absolute atomic E-state index is 0.546. The maximum atomic E-state index is 4.61. The highest BCUT2D eigenvalue weighted by Gasteiger charge is 2.24. The SMILES string of the molecule is CN=C(NCc1ccc(N2CCCC2)nc1)NC1CCC(SC)C1. The largest absolute Gasteiger partial charge is 0.357 e. The van der Waals surface area contributed by atoms with Crippen LogP contribution in [-0.2, 0) is 6.54 Å². The van der Waals surface area contributed by atoms with Gasteiger partial charge in [0.1, 0.15) is 5.82 Å². The van der Waals surface area contributed by atoms with Crippen LogP contribution >= 0.6 is 11.8 Å². The number of thioether (sulfide) groups is 1. The lowest BCUT2D eigenvalue weighted by atomic mass is 10.2. The zero-order valence-electron chi connectivity index (χ0n) is 14.8. The molecule has 0 amide bonds. The number of anilines is 1. The van der Waals surface area contributed by atoms with Crippen LogP contribution in [0.25, 0.3) is 0 Å². The van der Waals surface area contributed by atoms with Crippen molar-refractivity contribution in [2.75, 3.05) is 31.3 Å². The number of nitrogens with one attached hydrogen (secondary N) is 2. The summed E-state index contributed by atoms with van der Waals surface area (Å²) in [7, 11) is 1.84. The van der Waals surface area contributed by atoms with E-state index in [4.69, 9.17) is 0 Å². The number of pyridine rings is 1. The molecule has 1 aliphatic carbocycles. The second-order valence-corrected chi connectivity index (χ2v) is 7.79. The van der Waals surface area contributed by atoms with E-state index in [1.807, 2.05) is 25.0 Å². The number of rotatable bonds is 5. The summed E-state index contributed by atoms with van der Waals surface area (Å²) >= 11 is 1.98. The molecule has 1 aromatic heterocycles. The first-order chi connectivity index (χ1) is 11.8. The molecule has 0 radical (unpaired) electrons. The molecule has 1 aliphatic heterocycles. The molecule has 6 heteroatoms. The van der Waals surface area contributed by atoms with Gasteiger partial charge in [0.2, 0.25) is 0 Å². The number of guanidine groups is 1. The molecule has 1 saturated carbocycles. The minimum Gasteiger partial charge on any atom is -0.357 e. The summed E-state index contributed by atoms with van der Waals surface area (Å²) in [4.78, 5) is 11.3. The van der Waals surface area contributed by atoms with Gasteiger partial charge in [0, 0.05) is 44.2 Å². The molecule has 0 bridgehead atoms. The Morgan fingerprint density at radius 2 is 2.17 bits per heavy atom. The van der Waals surface area contributed by atoms with Crippen molar-refractivity contribution in [2.24, 2.45) is 4.99 Å². The van der Waals surface area contributed by atoms with E-state index in [0.29, 0.717) is 6.04 Å². The van der Waals surface area contributed by atoms with E-state index >= 15 is 0 Å². The zero-order chi connectivity index (χ0) is 16.8. The van der Waals surface area contributed by atoms with Crippen LogP contribution in [0.3, 0.4) is 0 Å². The third-order valence-electron chi connectivity index (χ3n) is 4.98. The Labute approximate surface area is 149 Å². The van der Waals surface area contributed by atoms with Crippen LogP contribution in [0.1, 0.15) is 37.7 Å². The van der Waals surface area contributed by atoms with Gasteiger partial charge >= 0.3 is 0 Å². The molecule has 2 aliphatic rings. The number of aliphatic imine (C=N–C) groups is 1. The van der Waals surface area contributed by atoms with Crippen LogP contribution in [0, 0.1) is 0 Å². The van der Waals surface area contributed by atoms with E-state index in [1.54, 1.807) is 0 Å². The zero-order valence-corrected chi connectivity index (χ0v) is 15.6. The van der Waals surface area contributed by atoms with E-state index in [9.17, 15) is 0 Å². The predicted molar refractivity (Wildman–Crippen MR) is 104 cm³/mol. The molecule has 2 atom stereocenters. The second kappa shape index (κ2) is 8.60. The van der Waals surface area contributed by atoms with Crippen molar-refractivity contribution in [3.8, 4) is 0 Å². The van der Waals surface area contributed by atoms with E-state index in [1.165, 1.54) is 37.7 Å². The lowest BCUT2D eigenvalue weighted by Crippen LogP contribution is -2.42. The Bertz CT molecular complexity index is 539. The van der Waals surface area contributed by atoms with E-state index in [-0.39, 0.29) is 0 Å². The van der Waals surface area contributed by atoms with Crippen LogP contribution in [0.5, 0.6) is 0 Å². The summed E-state index contributed by atoms with van der Waals surface area (Å²) in [6, 6.07) is 4.85. The summed E-state index contributed by atoms with van der Waals surface area (Å²) in [6.45, 7) is 3.03. The van der Waals surface area contributed by atoms with Gasteiger partial charge < -0.3 is 15.5 Å². The average Bonchev–Trinajstić information content (AvgIpc) is 3.30. The highest BCUT2D eigenvalue weighted by atomic mass is 32.2. The molecule has 1 aromatic rings. The lowest BCUT2D eigenvalue weighted by molar-refractivity contribution is 0.614. The summed E-state index contributed by atoms with van der Waals surface area (Å²) < 4.78 is 0. The van der Waals surface area contributed by atoms with Gasteiger partial charge in [-0.25, -0.2) is 4.98 Å². The number of aromatic nitrogens is 1. The molecule has 2 heterocycles. The van der Waals surface area contributed by atoms with E-state index < -0.39 is 0 Å². The summed E-state index contributed by atoms with van der Waals surface area (Å²) in [5.74, 6) is 2.00. The number of hydrogen-bond acceptors (Lipinski definition) is 4. The minimum atomic E-state index is 0.546. The monoisotopic (exact) mass is 347 g/mol. The maximum Gasteiger partial charge on any atom is 0.191 e.